The van der Waals surface area contributed by atoms with Crippen LogP contribution in [-0.4, -0.2) is 44.2 Å². The summed E-state index contributed by atoms with van der Waals surface area (Å²) >= 11 is 0. The zero-order valence-electron chi connectivity index (χ0n) is 64.1. The Hall–Kier alpha value is -8.90. The topological polar surface area (TPSA) is 126 Å². The minimum absolute atomic E-state index is 0.165. The van der Waals surface area contributed by atoms with Crippen molar-refractivity contribution < 1.29 is 57.0 Å². The van der Waals surface area contributed by atoms with Gasteiger partial charge >= 0.3 is 11.9 Å². The third-order valence-corrected chi connectivity index (χ3v) is 19.1. The molecule has 0 radical (unpaired) electrons. The summed E-state index contributed by atoms with van der Waals surface area (Å²) in [6.45, 7) is 14.7. The van der Waals surface area contributed by atoms with E-state index in [0.29, 0.717) is 49.4 Å². The second-order valence-electron chi connectivity index (χ2n) is 28.1. The first-order chi connectivity index (χ1) is 51.6. The zero-order chi connectivity index (χ0) is 73.7. The fraction of sp³-hybridized carbons (Fsp3) is 0.462. The Morgan fingerprint density at radius 1 is 0.276 bits per heavy atom. The molecule has 0 aromatic heterocycles. The number of hydrogen-bond donors (Lipinski definition) is 0. The van der Waals surface area contributed by atoms with Gasteiger partial charge in [0.2, 0.25) is 6.79 Å². The molecule has 0 heterocycles. The number of carbonyl (C=O) groups excluding carboxylic acids is 2. The first kappa shape index (κ1) is 81.8. The van der Waals surface area contributed by atoms with Gasteiger partial charge in [0.15, 0.2) is 0 Å². The number of esters is 2. The van der Waals surface area contributed by atoms with Crippen molar-refractivity contribution in [3.8, 4) is 79.7 Å². The molecule has 0 N–H and O–H groups in total. The molecule has 0 aliphatic carbocycles. The number of rotatable bonds is 54. The molecule has 12 heteroatoms. The van der Waals surface area contributed by atoms with Gasteiger partial charge in [0, 0.05) is 12.1 Å². The van der Waals surface area contributed by atoms with Gasteiger partial charge in [0.25, 0.3) is 0 Å². The zero-order valence-corrected chi connectivity index (χ0v) is 64.1. The van der Waals surface area contributed by atoms with Crippen LogP contribution in [0.3, 0.4) is 0 Å². The van der Waals surface area contributed by atoms with Crippen LogP contribution in [0.1, 0.15) is 266 Å². The lowest BCUT2D eigenvalue weighted by Gasteiger charge is -2.16. The Morgan fingerprint density at radius 3 is 0.876 bits per heavy atom. The highest BCUT2D eigenvalue weighted by molar-refractivity contribution is 5.95. The summed E-state index contributed by atoms with van der Waals surface area (Å²) in [5.41, 5.74) is 6.29. The fourth-order valence-corrected chi connectivity index (χ4v) is 12.7. The summed E-state index contributed by atoms with van der Waals surface area (Å²) in [5.74, 6) is 4.17. The molecular formula is C93H120O12. The average molecular weight is 1430 g/mol. The van der Waals surface area contributed by atoms with E-state index in [1.807, 2.05) is 97.1 Å². The van der Waals surface area contributed by atoms with E-state index in [1.165, 1.54) is 141 Å². The first-order valence-electron chi connectivity index (χ1n) is 40.0. The van der Waals surface area contributed by atoms with E-state index in [-0.39, 0.29) is 41.6 Å². The van der Waals surface area contributed by atoms with E-state index in [0.717, 1.165) is 108 Å². The summed E-state index contributed by atoms with van der Waals surface area (Å²) in [7, 11) is 0. The second-order valence-corrected chi connectivity index (χ2v) is 28.1. The molecule has 8 aromatic carbocycles. The van der Waals surface area contributed by atoms with Crippen LogP contribution in [0, 0.1) is 0 Å². The molecule has 0 fully saturated rings. The fourth-order valence-electron chi connectivity index (χ4n) is 12.7. The highest BCUT2D eigenvalue weighted by atomic mass is 16.7. The van der Waals surface area contributed by atoms with E-state index in [4.69, 9.17) is 47.4 Å². The molecule has 2 unspecified atom stereocenters. The Balaban J connectivity index is 0.896. The monoisotopic (exact) mass is 1430 g/mol. The molecule has 0 saturated carbocycles. The standard InChI is InChI=1S/C93H120O12/c1-7-11-15-19-21-23-25-27-29-33-65-96-86-61-63-88(92(94)104-84-57-45-78(46-58-84)76-41-53-80(54-42-76)98-69-74-37-49-82(50-38-74)102-72(5)35-31-17-13-9-3)90(67-86)100-71-101-91-68-87(97-66-34-30-28-26-24-22-20-16-12-8-2)62-64-89(91)93(95)105-85-59-47-79(48-60-85)77-43-55-81(56-44-77)99-70-75-39-51-83(52-40-75)103-73(6)36-32-18-14-10-4/h37-64,67-68,72-73H,7-36,65-66,69-71H2,1-6H3. The van der Waals surface area contributed by atoms with Gasteiger partial charge in [-0.25, -0.2) is 9.59 Å². The number of carbonyl (C=O) groups is 2. The largest absolute Gasteiger partial charge is 0.493 e. The molecule has 8 rings (SSSR count). The van der Waals surface area contributed by atoms with Crippen molar-refractivity contribution in [2.45, 2.75) is 260 Å². The number of ether oxygens (including phenoxy) is 10. The SMILES string of the molecule is CCCCCCCCCCCCOc1ccc(C(=O)Oc2ccc(-c3ccc(OCc4ccc(OC(C)CCCCCC)cc4)cc3)cc2)c(OCOc2cc(OCCCCCCCCCCCC)ccc2C(=O)Oc2ccc(-c3ccc(OCc4ccc(OC(C)CCCCCC)cc4)cc3)cc2)c1. The number of hydrogen-bond acceptors (Lipinski definition) is 12. The van der Waals surface area contributed by atoms with E-state index in [9.17, 15) is 9.59 Å². The normalized spacial score (nSPS) is 11.7. The van der Waals surface area contributed by atoms with Gasteiger partial charge in [-0.1, -0.05) is 255 Å². The second kappa shape index (κ2) is 48.3. The Bertz CT molecular complexity index is 3420. The minimum atomic E-state index is -0.629. The van der Waals surface area contributed by atoms with E-state index in [1.54, 1.807) is 60.7 Å². The molecule has 0 amide bonds. The smallest absolute Gasteiger partial charge is 0.347 e. The van der Waals surface area contributed by atoms with Gasteiger partial charge in [0.1, 0.15) is 81.8 Å². The molecule has 0 aliphatic rings. The van der Waals surface area contributed by atoms with Crippen LogP contribution in [-0.2, 0) is 13.2 Å². The molecule has 0 bridgehead atoms. The highest BCUT2D eigenvalue weighted by Crippen LogP contribution is 2.33. The van der Waals surface area contributed by atoms with Crippen LogP contribution in [0.15, 0.2) is 182 Å². The molecule has 12 nitrogen and oxygen atoms in total. The Labute approximate surface area is 629 Å². The predicted octanol–water partition coefficient (Wildman–Crippen LogP) is 26.1. The van der Waals surface area contributed by atoms with Gasteiger partial charge in [-0.2, -0.15) is 0 Å². The summed E-state index contributed by atoms with van der Waals surface area (Å²) < 4.78 is 62.0. The molecule has 564 valence electrons. The van der Waals surface area contributed by atoms with Gasteiger partial charge in [0.05, 0.1) is 25.4 Å². The van der Waals surface area contributed by atoms with Crippen molar-refractivity contribution in [3.05, 3.63) is 204 Å². The highest BCUT2D eigenvalue weighted by Gasteiger charge is 2.21. The molecular weight excluding hydrogens is 1310 g/mol. The molecule has 0 saturated heterocycles. The van der Waals surface area contributed by atoms with Crippen LogP contribution in [0.4, 0.5) is 0 Å². The maximum Gasteiger partial charge on any atom is 0.347 e. The lowest BCUT2D eigenvalue weighted by Crippen LogP contribution is -2.15. The maximum atomic E-state index is 14.3. The third kappa shape index (κ3) is 31.0. The lowest BCUT2D eigenvalue weighted by atomic mass is 10.1. The Kier molecular flexibility index (Phi) is 37.6. The predicted molar refractivity (Wildman–Crippen MR) is 427 cm³/mol. The minimum Gasteiger partial charge on any atom is -0.493 e. The summed E-state index contributed by atoms with van der Waals surface area (Å²) in [6.07, 6.45) is 36.6. The lowest BCUT2D eigenvalue weighted by molar-refractivity contribution is 0.0715. The quantitative estimate of drug-likeness (QED) is 0.0156. The molecule has 2 atom stereocenters. The summed E-state index contributed by atoms with van der Waals surface area (Å²) in [4.78, 5) is 28.5. The summed E-state index contributed by atoms with van der Waals surface area (Å²) in [5, 5.41) is 0. The van der Waals surface area contributed by atoms with Crippen LogP contribution >= 0.6 is 0 Å². The molecule has 0 aliphatic heterocycles. The van der Waals surface area contributed by atoms with Crippen LogP contribution in [0.2, 0.25) is 0 Å². The summed E-state index contributed by atoms with van der Waals surface area (Å²) in [6, 6.07) is 57.1. The maximum absolute atomic E-state index is 14.3. The van der Waals surface area contributed by atoms with Crippen LogP contribution in [0.5, 0.6) is 57.5 Å². The third-order valence-electron chi connectivity index (χ3n) is 19.1. The van der Waals surface area contributed by atoms with Crippen molar-refractivity contribution in [1.29, 1.82) is 0 Å². The van der Waals surface area contributed by atoms with Gasteiger partial charge in [-0.05, 0) is 183 Å². The van der Waals surface area contributed by atoms with Crippen molar-refractivity contribution in [2.24, 2.45) is 0 Å². The van der Waals surface area contributed by atoms with E-state index in [2.05, 4.69) is 65.8 Å². The van der Waals surface area contributed by atoms with Gasteiger partial charge in [-0.3, -0.25) is 0 Å². The first-order valence-corrected chi connectivity index (χ1v) is 40.0. The number of benzene rings is 8. The van der Waals surface area contributed by atoms with Gasteiger partial charge in [-0.15, -0.1) is 0 Å². The van der Waals surface area contributed by atoms with Crippen LogP contribution in [0.25, 0.3) is 22.3 Å². The van der Waals surface area contributed by atoms with Crippen molar-refractivity contribution >= 4 is 11.9 Å². The van der Waals surface area contributed by atoms with Crippen molar-refractivity contribution in [2.75, 3.05) is 20.0 Å². The van der Waals surface area contributed by atoms with Crippen molar-refractivity contribution in [1.82, 2.24) is 0 Å². The molecule has 8 aromatic rings. The number of unbranched alkanes of at least 4 members (excludes halogenated alkanes) is 24. The molecule has 0 spiro atoms. The van der Waals surface area contributed by atoms with Gasteiger partial charge < -0.3 is 47.4 Å². The molecule has 105 heavy (non-hydrogen) atoms. The van der Waals surface area contributed by atoms with Crippen LogP contribution < -0.4 is 47.4 Å². The van der Waals surface area contributed by atoms with Crippen molar-refractivity contribution in [3.63, 3.8) is 0 Å². The average Bonchev–Trinajstić information content (AvgIpc) is 0.826. The van der Waals surface area contributed by atoms with E-state index < -0.39 is 11.9 Å². The van der Waals surface area contributed by atoms with E-state index >= 15 is 0 Å². The Morgan fingerprint density at radius 2 is 0.552 bits per heavy atom.